The van der Waals surface area contributed by atoms with Crippen LogP contribution in [0.15, 0.2) is 0 Å². The zero-order valence-corrected chi connectivity index (χ0v) is 9.56. The van der Waals surface area contributed by atoms with E-state index in [1.807, 2.05) is 0 Å². The molecular weight excluding hydrogens is 214 g/mol. The minimum atomic E-state index is -0.437. The van der Waals surface area contributed by atoms with Gasteiger partial charge in [-0.05, 0) is 6.92 Å². The number of nitrogens with zero attached hydrogens (tertiary/aromatic N) is 1. The monoisotopic (exact) mass is 229 g/mol. The maximum atomic E-state index is 11.3. The summed E-state index contributed by atoms with van der Waals surface area (Å²) in [4.78, 5) is 38.1. The van der Waals surface area contributed by atoms with E-state index in [9.17, 15) is 14.4 Å². The van der Waals surface area contributed by atoms with Crippen LogP contribution < -0.4 is 0 Å². The first-order chi connectivity index (χ1) is 7.40. The van der Waals surface area contributed by atoms with Gasteiger partial charge < -0.3 is 4.74 Å². The fraction of sp³-hybridized carbons (Fsp3) is 0.700. The molecule has 1 rings (SSSR count). The summed E-state index contributed by atoms with van der Waals surface area (Å²) >= 11 is 0. The van der Waals surface area contributed by atoms with Gasteiger partial charge in [-0.3, -0.25) is 19.2 Å². The predicted molar refractivity (Wildman–Crippen MR) is 52.9 cm³/mol. The van der Waals surface area contributed by atoms with Crippen LogP contribution >= 0.6 is 0 Å². The third-order valence-electron chi connectivity index (χ3n) is 2.13. The molecule has 1 fully saturated rings. The first-order valence-electron chi connectivity index (χ1n) is 5.07. The van der Waals surface area contributed by atoms with Crippen LogP contribution in [0.4, 0.5) is 0 Å². The van der Waals surface area contributed by atoms with Gasteiger partial charge in [0, 0.05) is 20.3 Å². The Kier molecular flexibility index (Phi) is 4.00. The number of carbonyl (C=O) groups excluding carboxylic acids is 3. The average molecular weight is 229 g/mol. The summed E-state index contributed by atoms with van der Waals surface area (Å²) in [6.45, 7) is 4.29. The zero-order chi connectivity index (χ0) is 12.3. The molecule has 90 valence electrons. The van der Waals surface area contributed by atoms with Crippen molar-refractivity contribution in [3.8, 4) is 0 Å². The largest absolute Gasteiger partial charge is 0.463 e. The second kappa shape index (κ2) is 5.07. The molecule has 16 heavy (non-hydrogen) atoms. The van der Waals surface area contributed by atoms with Crippen molar-refractivity contribution in [1.82, 2.24) is 5.06 Å². The van der Waals surface area contributed by atoms with E-state index < -0.39 is 12.0 Å². The Balaban J connectivity index is 2.44. The quantitative estimate of drug-likeness (QED) is 0.655. The van der Waals surface area contributed by atoms with Gasteiger partial charge in [0.2, 0.25) is 5.91 Å². The lowest BCUT2D eigenvalue weighted by atomic mass is 10.1. The van der Waals surface area contributed by atoms with E-state index in [1.165, 1.54) is 13.8 Å². The lowest BCUT2D eigenvalue weighted by molar-refractivity contribution is -0.188. The van der Waals surface area contributed by atoms with Crippen LogP contribution in [-0.4, -0.2) is 35.1 Å². The van der Waals surface area contributed by atoms with Crippen molar-refractivity contribution < 1.29 is 24.0 Å². The first kappa shape index (κ1) is 12.6. The molecule has 2 atom stereocenters. The summed E-state index contributed by atoms with van der Waals surface area (Å²) in [5.41, 5.74) is 0. The molecule has 0 bridgehead atoms. The van der Waals surface area contributed by atoms with Gasteiger partial charge in [-0.1, -0.05) is 0 Å². The van der Waals surface area contributed by atoms with Gasteiger partial charge in [-0.15, -0.1) is 0 Å². The predicted octanol–water partition coefficient (Wildman–Crippen LogP) is 0.407. The Morgan fingerprint density at radius 2 is 2.19 bits per heavy atom. The second-order valence-electron chi connectivity index (χ2n) is 3.79. The van der Waals surface area contributed by atoms with Crippen LogP contribution in [-0.2, 0) is 24.0 Å². The molecular formula is C10H15NO5. The number of ether oxygens (including phenoxy) is 1. The number of rotatable bonds is 3. The summed E-state index contributed by atoms with van der Waals surface area (Å²) < 4.78 is 4.91. The number of hydrogen-bond acceptors (Lipinski definition) is 5. The topological polar surface area (TPSA) is 72.9 Å². The van der Waals surface area contributed by atoms with E-state index in [-0.39, 0.29) is 24.4 Å². The standard InChI is InChI=1S/C10H15NO5/c1-6(15-8(3)13)4-9-5-10(14)11(16-9)7(2)12/h6,9H,4-5H2,1-3H3. The summed E-state index contributed by atoms with van der Waals surface area (Å²) in [6.07, 6.45) is -0.187. The highest BCUT2D eigenvalue weighted by atomic mass is 16.7. The zero-order valence-electron chi connectivity index (χ0n) is 9.56. The molecule has 1 aliphatic heterocycles. The lowest BCUT2D eigenvalue weighted by Gasteiger charge is -2.16. The first-order valence-corrected chi connectivity index (χ1v) is 5.07. The molecule has 1 aliphatic rings. The van der Waals surface area contributed by atoms with Crippen LogP contribution in [0.25, 0.3) is 0 Å². The summed E-state index contributed by atoms with van der Waals surface area (Å²) in [6, 6.07) is 0. The second-order valence-corrected chi connectivity index (χ2v) is 3.79. The highest BCUT2D eigenvalue weighted by Crippen LogP contribution is 2.20. The van der Waals surface area contributed by atoms with E-state index in [0.29, 0.717) is 6.42 Å². The smallest absolute Gasteiger partial charge is 0.302 e. The highest BCUT2D eigenvalue weighted by Gasteiger charge is 2.34. The van der Waals surface area contributed by atoms with E-state index >= 15 is 0 Å². The van der Waals surface area contributed by atoms with Gasteiger partial charge >= 0.3 is 5.97 Å². The van der Waals surface area contributed by atoms with Gasteiger partial charge in [-0.25, -0.2) is 0 Å². The molecule has 1 saturated heterocycles. The Morgan fingerprint density at radius 3 is 2.62 bits per heavy atom. The molecule has 6 heteroatoms. The van der Waals surface area contributed by atoms with E-state index in [2.05, 4.69) is 0 Å². The highest BCUT2D eigenvalue weighted by molar-refractivity contribution is 5.94. The van der Waals surface area contributed by atoms with Gasteiger partial charge in [-0.2, -0.15) is 5.06 Å². The third kappa shape index (κ3) is 3.30. The van der Waals surface area contributed by atoms with Crippen molar-refractivity contribution in [2.45, 2.75) is 45.8 Å². The van der Waals surface area contributed by atoms with Crippen molar-refractivity contribution in [1.29, 1.82) is 0 Å². The molecule has 0 aromatic heterocycles. The fourth-order valence-electron chi connectivity index (χ4n) is 1.60. The molecule has 0 saturated carbocycles. The summed E-state index contributed by atoms with van der Waals surface area (Å²) in [5, 5.41) is 0.755. The molecule has 0 N–H and O–H groups in total. The van der Waals surface area contributed by atoms with Crippen molar-refractivity contribution in [3.63, 3.8) is 0 Å². The molecule has 2 amide bonds. The van der Waals surface area contributed by atoms with Crippen LogP contribution in [0.5, 0.6) is 0 Å². The normalized spacial score (nSPS) is 22.1. The molecule has 1 heterocycles. The molecule has 0 aromatic carbocycles. The van der Waals surface area contributed by atoms with Gasteiger partial charge in [0.1, 0.15) is 6.10 Å². The minimum Gasteiger partial charge on any atom is -0.463 e. The van der Waals surface area contributed by atoms with Crippen LogP contribution in [0.2, 0.25) is 0 Å². The Bertz CT molecular complexity index is 314. The van der Waals surface area contributed by atoms with Gasteiger partial charge in [0.25, 0.3) is 5.91 Å². The minimum absolute atomic E-state index is 0.144. The maximum absolute atomic E-state index is 11.3. The van der Waals surface area contributed by atoms with Gasteiger partial charge in [0.15, 0.2) is 0 Å². The van der Waals surface area contributed by atoms with Crippen LogP contribution in [0.3, 0.4) is 0 Å². The van der Waals surface area contributed by atoms with Gasteiger partial charge in [0.05, 0.1) is 12.5 Å². The molecule has 0 radical (unpaired) electrons. The summed E-state index contributed by atoms with van der Waals surface area (Å²) in [5.74, 6) is -1.17. The number of hydrogen-bond donors (Lipinski definition) is 0. The number of esters is 1. The number of amides is 2. The third-order valence-corrected chi connectivity index (χ3v) is 2.13. The van der Waals surface area contributed by atoms with Crippen molar-refractivity contribution in [3.05, 3.63) is 0 Å². The van der Waals surface area contributed by atoms with Crippen LogP contribution in [0.1, 0.15) is 33.6 Å². The fourth-order valence-corrected chi connectivity index (χ4v) is 1.60. The average Bonchev–Trinajstić information content (AvgIpc) is 2.44. The summed E-state index contributed by atoms with van der Waals surface area (Å²) in [7, 11) is 0. The van der Waals surface area contributed by atoms with E-state index in [1.54, 1.807) is 6.92 Å². The molecule has 0 aliphatic carbocycles. The van der Waals surface area contributed by atoms with E-state index in [0.717, 1.165) is 5.06 Å². The molecule has 2 unspecified atom stereocenters. The molecule has 6 nitrogen and oxygen atoms in total. The van der Waals surface area contributed by atoms with Crippen LogP contribution in [0, 0.1) is 0 Å². The number of carbonyl (C=O) groups is 3. The number of imide groups is 1. The maximum Gasteiger partial charge on any atom is 0.302 e. The Hall–Kier alpha value is -1.43. The molecule has 0 spiro atoms. The lowest BCUT2D eigenvalue weighted by Crippen LogP contribution is -2.29. The SMILES string of the molecule is CC(=O)OC(C)CC1CC(=O)N(C(C)=O)O1. The molecule has 0 aromatic rings. The van der Waals surface area contributed by atoms with E-state index in [4.69, 9.17) is 9.57 Å². The number of hydroxylamine groups is 2. The van der Waals surface area contributed by atoms with Crippen molar-refractivity contribution in [2.24, 2.45) is 0 Å². The Morgan fingerprint density at radius 1 is 1.56 bits per heavy atom. The van der Waals surface area contributed by atoms with Crippen molar-refractivity contribution >= 4 is 17.8 Å². The Labute approximate surface area is 93.4 Å². The van der Waals surface area contributed by atoms with Crippen molar-refractivity contribution in [2.75, 3.05) is 0 Å².